The minimum Gasteiger partial charge on any atom is -0.373 e. The zero-order chi connectivity index (χ0) is 9.90. The molecule has 0 aromatic carbocycles. The van der Waals surface area contributed by atoms with E-state index in [9.17, 15) is 4.79 Å². The van der Waals surface area contributed by atoms with Crippen LogP contribution in [0.4, 0.5) is 0 Å². The molecule has 0 aliphatic carbocycles. The third-order valence-electron chi connectivity index (χ3n) is 2.32. The van der Waals surface area contributed by atoms with Crippen molar-refractivity contribution in [3.05, 3.63) is 0 Å². The van der Waals surface area contributed by atoms with Gasteiger partial charge in [-0.1, -0.05) is 0 Å². The van der Waals surface area contributed by atoms with Gasteiger partial charge in [0, 0.05) is 13.2 Å². The Morgan fingerprint density at radius 1 is 1.77 bits per heavy atom. The third kappa shape index (κ3) is 3.19. The number of nitrogens with one attached hydrogen (secondary N) is 1. The average molecular weight is 203 g/mol. The fourth-order valence-corrected chi connectivity index (χ4v) is 1.49. The number of thiol groups is 1. The van der Waals surface area contributed by atoms with Gasteiger partial charge < -0.3 is 10.1 Å². The highest BCUT2D eigenvalue weighted by Gasteiger charge is 2.30. The molecule has 13 heavy (non-hydrogen) atoms. The van der Waals surface area contributed by atoms with E-state index in [0.29, 0.717) is 6.54 Å². The summed E-state index contributed by atoms with van der Waals surface area (Å²) in [6.07, 6.45) is 2.11. The molecule has 2 atom stereocenters. The number of ether oxygens (including phenoxy) is 1. The molecule has 0 saturated carbocycles. The number of amides is 1. The van der Waals surface area contributed by atoms with Crippen molar-refractivity contribution >= 4 is 18.5 Å². The second kappa shape index (κ2) is 4.33. The second-order valence-electron chi connectivity index (χ2n) is 3.80. The quantitative estimate of drug-likeness (QED) is 0.671. The zero-order valence-electron chi connectivity index (χ0n) is 8.17. The molecule has 1 amide bonds. The smallest absolute Gasteiger partial charge is 0.232 e. The Balaban J connectivity index is 2.29. The topological polar surface area (TPSA) is 38.3 Å². The van der Waals surface area contributed by atoms with Gasteiger partial charge in [0.2, 0.25) is 5.91 Å². The second-order valence-corrected chi connectivity index (χ2v) is 4.57. The molecule has 1 aliphatic heterocycles. The molecule has 3 nitrogen and oxygen atoms in total. The van der Waals surface area contributed by atoms with Crippen molar-refractivity contribution in [2.75, 3.05) is 13.2 Å². The van der Waals surface area contributed by atoms with Gasteiger partial charge in [-0.25, -0.2) is 0 Å². The van der Waals surface area contributed by atoms with E-state index >= 15 is 0 Å². The molecule has 0 aromatic rings. The average Bonchev–Trinajstić information content (AvgIpc) is 2.48. The highest BCUT2D eigenvalue weighted by atomic mass is 32.1. The fraction of sp³-hybridized carbons (Fsp3) is 0.889. The van der Waals surface area contributed by atoms with Crippen LogP contribution in [0.3, 0.4) is 0 Å². The third-order valence-corrected chi connectivity index (χ3v) is 2.55. The zero-order valence-corrected chi connectivity index (χ0v) is 9.06. The van der Waals surface area contributed by atoms with Crippen LogP contribution >= 0.6 is 12.6 Å². The molecular weight excluding hydrogens is 186 g/mol. The molecule has 2 unspecified atom stereocenters. The van der Waals surface area contributed by atoms with Crippen molar-refractivity contribution in [3.8, 4) is 0 Å². The van der Waals surface area contributed by atoms with Crippen LogP contribution in [0.1, 0.15) is 26.7 Å². The molecular formula is C9H17NO2S. The van der Waals surface area contributed by atoms with E-state index in [1.165, 1.54) is 0 Å². The van der Waals surface area contributed by atoms with Crippen molar-refractivity contribution in [3.63, 3.8) is 0 Å². The maximum atomic E-state index is 11.2. The summed E-state index contributed by atoms with van der Waals surface area (Å²) in [7, 11) is 0. The Bertz CT molecular complexity index is 188. The van der Waals surface area contributed by atoms with E-state index in [2.05, 4.69) is 17.9 Å². The largest absolute Gasteiger partial charge is 0.373 e. The van der Waals surface area contributed by atoms with Gasteiger partial charge >= 0.3 is 0 Å². The van der Waals surface area contributed by atoms with E-state index in [4.69, 9.17) is 4.74 Å². The Kier molecular flexibility index (Phi) is 3.62. The van der Waals surface area contributed by atoms with E-state index in [1.54, 1.807) is 6.92 Å². The lowest BCUT2D eigenvalue weighted by Gasteiger charge is -2.23. The van der Waals surface area contributed by atoms with Gasteiger partial charge in [0.25, 0.3) is 0 Å². The fourth-order valence-electron chi connectivity index (χ4n) is 1.40. The highest BCUT2D eigenvalue weighted by molar-refractivity contribution is 7.81. The summed E-state index contributed by atoms with van der Waals surface area (Å²) in [4.78, 5) is 11.2. The SMILES string of the molecule is CC(S)C(=O)NCC1(C)CCCO1. The molecule has 4 heteroatoms. The van der Waals surface area contributed by atoms with Crippen LogP contribution in [0.5, 0.6) is 0 Å². The van der Waals surface area contributed by atoms with Crippen LogP contribution in [0, 0.1) is 0 Å². The lowest BCUT2D eigenvalue weighted by atomic mass is 10.0. The van der Waals surface area contributed by atoms with Crippen molar-refractivity contribution < 1.29 is 9.53 Å². The van der Waals surface area contributed by atoms with Crippen molar-refractivity contribution in [2.45, 2.75) is 37.5 Å². The van der Waals surface area contributed by atoms with Gasteiger partial charge in [0.15, 0.2) is 0 Å². The first-order chi connectivity index (χ1) is 6.03. The van der Waals surface area contributed by atoms with E-state index in [-0.39, 0.29) is 16.8 Å². The van der Waals surface area contributed by atoms with Crippen LogP contribution < -0.4 is 5.32 Å². The molecule has 1 aliphatic rings. The van der Waals surface area contributed by atoms with Gasteiger partial charge in [-0.2, -0.15) is 12.6 Å². The monoisotopic (exact) mass is 203 g/mol. The Morgan fingerprint density at radius 2 is 2.46 bits per heavy atom. The maximum absolute atomic E-state index is 11.2. The van der Waals surface area contributed by atoms with E-state index in [0.717, 1.165) is 19.4 Å². The predicted molar refractivity (Wildman–Crippen MR) is 55.0 cm³/mol. The molecule has 0 radical (unpaired) electrons. The van der Waals surface area contributed by atoms with Gasteiger partial charge in [-0.3, -0.25) is 4.79 Å². The maximum Gasteiger partial charge on any atom is 0.232 e. The summed E-state index contributed by atoms with van der Waals surface area (Å²) in [5.41, 5.74) is -0.154. The van der Waals surface area contributed by atoms with Crippen molar-refractivity contribution in [1.82, 2.24) is 5.32 Å². The van der Waals surface area contributed by atoms with Crippen LogP contribution in [0.25, 0.3) is 0 Å². The van der Waals surface area contributed by atoms with Crippen LogP contribution in [0.2, 0.25) is 0 Å². The van der Waals surface area contributed by atoms with Crippen molar-refractivity contribution in [1.29, 1.82) is 0 Å². The normalized spacial score (nSPS) is 30.1. The molecule has 1 fully saturated rings. The first kappa shape index (κ1) is 10.9. The molecule has 1 N–H and O–H groups in total. The highest BCUT2D eigenvalue weighted by Crippen LogP contribution is 2.23. The first-order valence-electron chi connectivity index (χ1n) is 4.63. The van der Waals surface area contributed by atoms with E-state index in [1.807, 2.05) is 6.92 Å². The predicted octanol–water partition coefficient (Wildman–Crippen LogP) is 0.990. The standard InChI is InChI=1S/C9H17NO2S/c1-7(13)8(11)10-6-9(2)4-3-5-12-9/h7,13H,3-6H2,1-2H3,(H,10,11). The van der Waals surface area contributed by atoms with Gasteiger partial charge in [0.05, 0.1) is 10.9 Å². The minimum absolute atomic E-state index is 0.0277. The van der Waals surface area contributed by atoms with Gasteiger partial charge in [-0.05, 0) is 26.7 Å². The minimum atomic E-state index is -0.245. The van der Waals surface area contributed by atoms with Crippen molar-refractivity contribution in [2.24, 2.45) is 0 Å². The van der Waals surface area contributed by atoms with Gasteiger partial charge in [0.1, 0.15) is 0 Å². The summed E-state index contributed by atoms with van der Waals surface area (Å²) in [6, 6.07) is 0. The molecule has 76 valence electrons. The number of carbonyl (C=O) groups is 1. The summed E-state index contributed by atoms with van der Waals surface area (Å²) >= 11 is 4.04. The number of rotatable bonds is 3. The molecule has 0 bridgehead atoms. The summed E-state index contributed by atoms with van der Waals surface area (Å²) < 4.78 is 5.53. The summed E-state index contributed by atoms with van der Waals surface area (Å²) in [5, 5.41) is 2.58. The van der Waals surface area contributed by atoms with Gasteiger partial charge in [-0.15, -0.1) is 0 Å². The van der Waals surface area contributed by atoms with Crippen LogP contribution in [-0.4, -0.2) is 29.9 Å². The van der Waals surface area contributed by atoms with E-state index < -0.39 is 0 Å². The number of hydrogen-bond acceptors (Lipinski definition) is 3. The Morgan fingerprint density at radius 3 is 2.92 bits per heavy atom. The van der Waals surface area contributed by atoms with Crippen LogP contribution in [0.15, 0.2) is 0 Å². The summed E-state index contributed by atoms with van der Waals surface area (Å²) in [5.74, 6) is -0.0277. The number of carbonyl (C=O) groups excluding carboxylic acids is 1. The van der Waals surface area contributed by atoms with Crippen LogP contribution in [-0.2, 0) is 9.53 Å². The lowest BCUT2D eigenvalue weighted by Crippen LogP contribution is -2.42. The Hall–Kier alpha value is -0.220. The molecule has 0 spiro atoms. The lowest BCUT2D eigenvalue weighted by molar-refractivity contribution is -0.121. The first-order valence-corrected chi connectivity index (χ1v) is 5.15. The number of hydrogen-bond donors (Lipinski definition) is 2. The summed E-state index contributed by atoms with van der Waals surface area (Å²) in [6.45, 7) is 5.19. The molecule has 1 rings (SSSR count). The Labute approximate surface area is 84.6 Å². The molecule has 1 heterocycles. The molecule has 0 aromatic heterocycles. The molecule has 1 saturated heterocycles.